The molecule has 1 amide bonds. The summed E-state index contributed by atoms with van der Waals surface area (Å²) in [6, 6.07) is 6.56. The molecule has 1 aliphatic rings. The molecule has 1 fully saturated rings. The average molecular weight is 337 g/mol. The molecule has 1 atom stereocenters. The van der Waals surface area contributed by atoms with E-state index in [-0.39, 0.29) is 18.3 Å². The number of rotatable bonds is 6. The molecule has 2 N–H and O–H groups in total. The number of nitrogens with one attached hydrogen (secondary N) is 2. The van der Waals surface area contributed by atoms with Gasteiger partial charge in [-0.15, -0.1) is 12.4 Å². The van der Waals surface area contributed by atoms with Crippen molar-refractivity contribution >= 4 is 35.8 Å². The molecule has 0 aliphatic carbocycles. The van der Waals surface area contributed by atoms with Gasteiger partial charge in [0.1, 0.15) is 0 Å². The highest BCUT2D eigenvalue weighted by Gasteiger charge is 2.15. The van der Waals surface area contributed by atoms with Crippen LogP contribution in [0.3, 0.4) is 0 Å². The first-order valence-electron chi connectivity index (χ1n) is 6.69. The first kappa shape index (κ1) is 18.2. The summed E-state index contributed by atoms with van der Waals surface area (Å²) in [5.74, 6) is -1.94. The van der Waals surface area contributed by atoms with E-state index in [1.165, 1.54) is 0 Å². The lowest BCUT2D eigenvalue weighted by atomic mass is 10.0. The SMILES string of the molecule is Cl.O=C(CCC1CCNC1)Nc1cccc(SC(F)F)c1. The summed E-state index contributed by atoms with van der Waals surface area (Å²) < 4.78 is 24.6. The van der Waals surface area contributed by atoms with E-state index < -0.39 is 5.76 Å². The van der Waals surface area contributed by atoms with Gasteiger partial charge >= 0.3 is 0 Å². The summed E-state index contributed by atoms with van der Waals surface area (Å²) in [6.45, 7) is 2.01. The van der Waals surface area contributed by atoms with Crippen molar-refractivity contribution in [1.29, 1.82) is 0 Å². The number of hydrogen-bond donors (Lipinski definition) is 2. The smallest absolute Gasteiger partial charge is 0.288 e. The zero-order valence-corrected chi connectivity index (χ0v) is 13.1. The molecule has 1 aromatic rings. The molecule has 1 aliphatic heterocycles. The van der Waals surface area contributed by atoms with Gasteiger partial charge in [-0.2, -0.15) is 8.78 Å². The highest BCUT2D eigenvalue weighted by molar-refractivity contribution is 7.99. The fourth-order valence-electron chi connectivity index (χ4n) is 2.27. The number of carbonyl (C=O) groups is 1. The molecule has 3 nitrogen and oxygen atoms in total. The Labute approximate surface area is 133 Å². The van der Waals surface area contributed by atoms with Crippen LogP contribution in [0.25, 0.3) is 0 Å². The van der Waals surface area contributed by atoms with E-state index in [4.69, 9.17) is 0 Å². The van der Waals surface area contributed by atoms with Gasteiger partial charge < -0.3 is 10.6 Å². The number of amides is 1. The maximum atomic E-state index is 12.3. The topological polar surface area (TPSA) is 41.1 Å². The first-order chi connectivity index (χ1) is 9.63. The number of benzene rings is 1. The van der Waals surface area contributed by atoms with Gasteiger partial charge in [0.25, 0.3) is 5.76 Å². The van der Waals surface area contributed by atoms with Gasteiger partial charge in [-0.3, -0.25) is 4.79 Å². The monoisotopic (exact) mass is 336 g/mol. The van der Waals surface area contributed by atoms with E-state index in [0.717, 1.165) is 25.9 Å². The average Bonchev–Trinajstić information content (AvgIpc) is 2.89. The minimum atomic E-state index is -2.45. The summed E-state index contributed by atoms with van der Waals surface area (Å²) in [6.07, 6.45) is 2.46. The molecule has 0 saturated carbocycles. The highest BCUT2D eigenvalue weighted by Crippen LogP contribution is 2.27. The number of anilines is 1. The minimum Gasteiger partial charge on any atom is -0.326 e. The van der Waals surface area contributed by atoms with E-state index in [1.807, 2.05) is 0 Å². The summed E-state index contributed by atoms with van der Waals surface area (Å²) in [5, 5.41) is 6.03. The zero-order valence-electron chi connectivity index (χ0n) is 11.5. The Hall–Kier alpha value is -0.850. The van der Waals surface area contributed by atoms with Crippen molar-refractivity contribution in [2.24, 2.45) is 5.92 Å². The molecular weight excluding hydrogens is 318 g/mol. The van der Waals surface area contributed by atoms with Crippen molar-refractivity contribution in [2.45, 2.75) is 29.9 Å². The molecule has 1 aromatic carbocycles. The summed E-state index contributed by atoms with van der Waals surface area (Å²) in [5.41, 5.74) is 0.574. The predicted molar refractivity (Wildman–Crippen MR) is 84.4 cm³/mol. The second kappa shape index (κ2) is 9.23. The molecule has 0 radical (unpaired) electrons. The van der Waals surface area contributed by atoms with Crippen molar-refractivity contribution in [3.8, 4) is 0 Å². The van der Waals surface area contributed by atoms with Gasteiger partial charge in [0.2, 0.25) is 5.91 Å². The van der Waals surface area contributed by atoms with E-state index in [9.17, 15) is 13.6 Å². The third kappa shape index (κ3) is 6.63. The Kier molecular flexibility index (Phi) is 8.00. The second-order valence-corrected chi connectivity index (χ2v) is 5.92. The van der Waals surface area contributed by atoms with Crippen LogP contribution in [0, 0.1) is 5.92 Å². The lowest BCUT2D eigenvalue weighted by Gasteiger charge is -2.09. The van der Waals surface area contributed by atoms with Crippen LogP contribution in [0.4, 0.5) is 14.5 Å². The normalized spacial score (nSPS) is 17.6. The minimum absolute atomic E-state index is 0. The molecule has 1 heterocycles. The number of hydrogen-bond acceptors (Lipinski definition) is 3. The van der Waals surface area contributed by atoms with Crippen LogP contribution in [0.2, 0.25) is 0 Å². The highest BCUT2D eigenvalue weighted by atomic mass is 35.5. The van der Waals surface area contributed by atoms with Crippen LogP contribution in [0.15, 0.2) is 29.2 Å². The molecule has 21 heavy (non-hydrogen) atoms. The van der Waals surface area contributed by atoms with Gasteiger partial charge in [0.05, 0.1) is 0 Å². The Bertz CT molecular complexity index is 456. The summed E-state index contributed by atoms with van der Waals surface area (Å²) >= 11 is 0.481. The van der Waals surface area contributed by atoms with Crippen LogP contribution in [-0.4, -0.2) is 24.8 Å². The molecular formula is C14H19ClF2N2OS. The number of thioether (sulfide) groups is 1. The predicted octanol–water partition coefficient (Wildman–Crippen LogP) is 3.75. The molecule has 1 saturated heterocycles. The fraction of sp³-hybridized carbons (Fsp3) is 0.500. The fourth-order valence-corrected chi connectivity index (χ4v) is 2.83. The maximum absolute atomic E-state index is 12.3. The number of halogens is 3. The Morgan fingerprint density at radius 2 is 2.29 bits per heavy atom. The third-order valence-electron chi connectivity index (χ3n) is 3.28. The first-order valence-corrected chi connectivity index (χ1v) is 7.57. The zero-order chi connectivity index (χ0) is 14.4. The van der Waals surface area contributed by atoms with Crippen molar-refractivity contribution in [1.82, 2.24) is 5.32 Å². The quantitative estimate of drug-likeness (QED) is 0.777. The Balaban J connectivity index is 0.00000220. The van der Waals surface area contributed by atoms with E-state index >= 15 is 0 Å². The van der Waals surface area contributed by atoms with Crippen LogP contribution in [-0.2, 0) is 4.79 Å². The van der Waals surface area contributed by atoms with Gasteiger partial charge in [0, 0.05) is 17.0 Å². The molecule has 118 valence electrons. The molecule has 0 spiro atoms. The van der Waals surface area contributed by atoms with Gasteiger partial charge in [0.15, 0.2) is 0 Å². The Morgan fingerprint density at radius 3 is 2.95 bits per heavy atom. The largest absolute Gasteiger partial charge is 0.326 e. The van der Waals surface area contributed by atoms with Gasteiger partial charge in [-0.05, 0) is 50.0 Å². The third-order valence-corrected chi connectivity index (χ3v) is 3.99. The maximum Gasteiger partial charge on any atom is 0.288 e. The van der Waals surface area contributed by atoms with Crippen molar-refractivity contribution in [3.63, 3.8) is 0 Å². The van der Waals surface area contributed by atoms with Crippen LogP contribution in [0.5, 0.6) is 0 Å². The molecule has 0 bridgehead atoms. The van der Waals surface area contributed by atoms with Crippen molar-refractivity contribution in [2.75, 3.05) is 18.4 Å². The van der Waals surface area contributed by atoms with Crippen molar-refractivity contribution in [3.05, 3.63) is 24.3 Å². The van der Waals surface area contributed by atoms with Crippen LogP contribution in [0.1, 0.15) is 19.3 Å². The lowest BCUT2D eigenvalue weighted by molar-refractivity contribution is -0.116. The van der Waals surface area contributed by atoms with Gasteiger partial charge in [-0.1, -0.05) is 17.8 Å². The lowest BCUT2D eigenvalue weighted by Crippen LogP contribution is -2.15. The molecule has 1 unspecified atom stereocenters. The van der Waals surface area contributed by atoms with Crippen LogP contribution >= 0.6 is 24.2 Å². The molecule has 0 aromatic heterocycles. The standard InChI is InChI=1S/C14H18F2N2OS.ClH/c15-14(16)20-12-3-1-2-11(8-12)18-13(19)5-4-10-6-7-17-9-10;/h1-3,8,10,14,17H,4-7,9H2,(H,18,19);1H. The molecule has 2 rings (SSSR count). The summed E-state index contributed by atoms with van der Waals surface area (Å²) in [7, 11) is 0. The number of alkyl halides is 2. The van der Waals surface area contributed by atoms with Crippen LogP contribution < -0.4 is 10.6 Å². The Morgan fingerprint density at radius 1 is 1.48 bits per heavy atom. The van der Waals surface area contributed by atoms with Gasteiger partial charge in [-0.25, -0.2) is 0 Å². The van der Waals surface area contributed by atoms with E-state index in [1.54, 1.807) is 24.3 Å². The number of carbonyl (C=O) groups excluding carboxylic acids is 1. The second-order valence-electron chi connectivity index (χ2n) is 4.85. The van der Waals surface area contributed by atoms with E-state index in [2.05, 4.69) is 10.6 Å². The molecule has 7 heteroatoms. The van der Waals surface area contributed by atoms with E-state index in [0.29, 0.717) is 34.7 Å². The van der Waals surface area contributed by atoms with Crippen molar-refractivity contribution < 1.29 is 13.6 Å². The summed E-state index contributed by atoms with van der Waals surface area (Å²) in [4.78, 5) is 12.3.